The van der Waals surface area contributed by atoms with Crippen LogP contribution in [0.25, 0.3) is 31.1 Å². The van der Waals surface area contributed by atoms with Crippen LogP contribution in [0.4, 0.5) is 5.95 Å². The van der Waals surface area contributed by atoms with Gasteiger partial charge in [-0.25, -0.2) is 4.98 Å². The molecule has 22 heavy (non-hydrogen) atoms. The van der Waals surface area contributed by atoms with Gasteiger partial charge in [-0.05, 0) is 18.6 Å². The monoisotopic (exact) mass is 309 g/mol. The maximum atomic E-state index is 12.5. The first-order chi connectivity index (χ1) is 10.8. The Bertz CT molecular complexity index is 1050. The molecule has 0 fully saturated rings. The maximum Gasteiger partial charge on any atom is 0.261 e. The van der Waals surface area contributed by atoms with E-state index in [0.29, 0.717) is 11.3 Å². The first kappa shape index (κ1) is 13.3. The van der Waals surface area contributed by atoms with E-state index in [1.807, 2.05) is 18.2 Å². The highest BCUT2D eigenvalue weighted by Gasteiger charge is 2.12. The van der Waals surface area contributed by atoms with Crippen LogP contribution in [0.3, 0.4) is 0 Å². The lowest BCUT2D eigenvalue weighted by Gasteiger charge is -2.05. The second-order valence-electron chi connectivity index (χ2n) is 5.28. The normalized spacial score (nSPS) is 11.5. The van der Waals surface area contributed by atoms with E-state index in [4.69, 9.17) is 0 Å². The summed E-state index contributed by atoms with van der Waals surface area (Å²) in [5.74, 6) is 0.541. The number of H-pyrrole nitrogens is 1. The highest BCUT2D eigenvalue weighted by atomic mass is 32.1. The molecule has 4 nitrogen and oxygen atoms in total. The molecule has 5 heteroatoms. The van der Waals surface area contributed by atoms with Crippen molar-refractivity contribution in [2.75, 3.05) is 11.9 Å². The summed E-state index contributed by atoms with van der Waals surface area (Å²) in [5.41, 5.74) is 0.655. The average molecular weight is 309 g/mol. The van der Waals surface area contributed by atoms with Crippen LogP contribution in [0.5, 0.6) is 0 Å². The number of fused-ring (bicyclic) bond motifs is 5. The number of anilines is 1. The second-order valence-corrected chi connectivity index (χ2v) is 6.33. The van der Waals surface area contributed by atoms with Gasteiger partial charge in [-0.1, -0.05) is 31.2 Å². The molecule has 0 saturated heterocycles. The van der Waals surface area contributed by atoms with Gasteiger partial charge in [0.2, 0.25) is 5.95 Å². The fraction of sp³-hybridized carbons (Fsp3) is 0.176. The van der Waals surface area contributed by atoms with Crippen LogP contribution in [0.2, 0.25) is 0 Å². The van der Waals surface area contributed by atoms with Gasteiger partial charge in [0, 0.05) is 22.0 Å². The predicted octanol–water partition coefficient (Wildman–Crippen LogP) is 4.11. The first-order valence-electron chi connectivity index (χ1n) is 7.36. The zero-order valence-corrected chi connectivity index (χ0v) is 13.0. The van der Waals surface area contributed by atoms with Crippen molar-refractivity contribution in [3.63, 3.8) is 0 Å². The van der Waals surface area contributed by atoms with Crippen molar-refractivity contribution in [1.29, 1.82) is 0 Å². The van der Waals surface area contributed by atoms with Gasteiger partial charge in [0.1, 0.15) is 0 Å². The minimum atomic E-state index is -0.0826. The summed E-state index contributed by atoms with van der Waals surface area (Å²) in [6, 6.07) is 12.2. The molecule has 4 rings (SSSR count). The molecule has 0 atom stereocenters. The molecule has 2 aromatic heterocycles. The largest absolute Gasteiger partial charge is 0.356 e. The summed E-state index contributed by atoms with van der Waals surface area (Å²) >= 11 is 1.65. The van der Waals surface area contributed by atoms with Crippen LogP contribution in [-0.2, 0) is 0 Å². The third-order valence-electron chi connectivity index (χ3n) is 3.76. The molecule has 2 aromatic carbocycles. The van der Waals surface area contributed by atoms with E-state index in [2.05, 4.69) is 40.4 Å². The van der Waals surface area contributed by atoms with Crippen molar-refractivity contribution < 1.29 is 0 Å². The van der Waals surface area contributed by atoms with Gasteiger partial charge in [-0.15, -0.1) is 11.3 Å². The Morgan fingerprint density at radius 2 is 2.05 bits per heavy atom. The fourth-order valence-corrected chi connectivity index (χ4v) is 3.98. The maximum absolute atomic E-state index is 12.5. The van der Waals surface area contributed by atoms with Crippen molar-refractivity contribution >= 4 is 48.4 Å². The standard InChI is InChI=1S/C17H15N3OS/c1-2-9-18-17-19-12-8-7-11-10-5-3-4-6-13(10)22-15(11)14(12)16(21)20-17/h3-8H,2,9H2,1H3,(H2,18,19,20,21). The molecule has 0 unspecified atom stereocenters. The van der Waals surface area contributed by atoms with E-state index in [0.717, 1.165) is 28.6 Å². The molecule has 0 saturated carbocycles. The Hall–Kier alpha value is -2.40. The lowest BCUT2D eigenvalue weighted by molar-refractivity contribution is 0.954. The van der Waals surface area contributed by atoms with Crippen molar-refractivity contribution in [1.82, 2.24) is 9.97 Å². The summed E-state index contributed by atoms with van der Waals surface area (Å²) in [7, 11) is 0. The van der Waals surface area contributed by atoms with E-state index < -0.39 is 0 Å². The zero-order valence-electron chi connectivity index (χ0n) is 12.1. The summed E-state index contributed by atoms with van der Waals surface area (Å²) in [4.78, 5) is 19.9. The molecular formula is C17H15N3OS. The minimum Gasteiger partial charge on any atom is -0.356 e. The van der Waals surface area contributed by atoms with Crippen molar-refractivity contribution in [2.45, 2.75) is 13.3 Å². The number of nitrogens with zero attached hydrogens (tertiary/aromatic N) is 1. The Morgan fingerprint density at radius 1 is 1.18 bits per heavy atom. The number of benzene rings is 2. The van der Waals surface area contributed by atoms with Crippen LogP contribution in [0, 0.1) is 0 Å². The summed E-state index contributed by atoms with van der Waals surface area (Å²) in [5, 5.41) is 6.13. The quantitative estimate of drug-likeness (QED) is 0.598. The van der Waals surface area contributed by atoms with Crippen molar-refractivity contribution in [3.05, 3.63) is 46.8 Å². The SMILES string of the molecule is CCCNc1nc2ccc3c4ccccc4sc3c2c(=O)[nH]1. The van der Waals surface area contributed by atoms with Crippen molar-refractivity contribution in [2.24, 2.45) is 0 Å². The molecule has 110 valence electrons. The predicted molar refractivity (Wildman–Crippen MR) is 94.0 cm³/mol. The van der Waals surface area contributed by atoms with Gasteiger partial charge in [0.15, 0.2) is 0 Å². The third kappa shape index (κ3) is 1.97. The lowest BCUT2D eigenvalue weighted by atomic mass is 10.1. The highest BCUT2D eigenvalue weighted by Crippen LogP contribution is 2.36. The summed E-state index contributed by atoms with van der Waals surface area (Å²) < 4.78 is 2.20. The van der Waals surface area contributed by atoms with Gasteiger partial charge >= 0.3 is 0 Å². The van der Waals surface area contributed by atoms with Gasteiger partial charge in [-0.3, -0.25) is 9.78 Å². The number of hydrogen-bond acceptors (Lipinski definition) is 4. The second kappa shape index (κ2) is 5.10. The van der Waals surface area contributed by atoms with E-state index >= 15 is 0 Å². The topological polar surface area (TPSA) is 57.8 Å². The molecule has 0 aliphatic rings. The van der Waals surface area contributed by atoms with Crippen LogP contribution < -0.4 is 10.9 Å². The molecule has 0 amide bonds. The number of thiophene rings is 1. The molecule has 4 aromatic rings. The Morgan fingerprint density at radius 3 is 2.91 bits per heavy atom. The van der Waals surface area contributed by atoms with Crippen LogP contribution >= 0.6 is 11.3 Å². The lowest BCUT2D eigenvalue weighted by Crippen LogP contribution is -2.13. The number of aromatic nitrogens is 2. The van der Waals surface area contributed by atoms with Crippen LogP contribution in [0.15, 0.2) is 41.2 Å². The summed E-state index contributed by atoms with van der Waals surface area (Å²) in [6.07, 6.45) is 0.983. The molecule has 0 spiro atoms. The molecule has 0 aliphatic carbocycles. The van der Waals surface area contributed by atoms with Gasteiger partial charge < -0.3 is 5.32 Å². The van der Waals surface area contributed by atoms with E-state index in [1.54, 1.807) is 11.3 Å². The zero-order chi connectivity index (χ0) is 15.1. The van der Waals surface area contributed by atoms with Gasteiger partial charge in [0.25, 0.3) is 5.56 Å². The number of nitrogens with one attached hydrogen (secondary N) is 2. The smallest absolute Gasteiger partial charge is 0.261 e. The first-order valence-corrected chi connectivity index (χ1v) is 8.17. The summed E-state index contributed by atoms with van der Waals surface area (Å²) in [6.45, 7) is 2.87. The number of aromatic amines is 1. The van der Waals surface area contributed by atoms with Gasteiger partial charge in [-0.2, -0.15) is 0 Å². The molecule has 0 radical (unpaired) electrons. The molecule has 2 heterocycles. The van der Waals surface area contributed by atoms with E-state index in [-0.39, 0.29) is 5.56 Å². The average Bonchev–Trinajstić information content (AvgIpc) is 2.91. The Kier molecular flexibility index (Phi) is 3.08. The van der Waals surface area contributed by atoms with E-state index in [9.17, 15) is 4.79 Å². The molecular weight excluding hydrogens is 294 g/mol. The molecule has 0 aliphatic heterocycles. The van der Waals surface area contributed by atoms with Crippen molar-refractivity contribution in [3.8, 4) is 0 Å². The van der Waals surface area contributed by atoms with Crippen LogP contribution in [0.1, 0.15) is 13.3 Å². The molecule has 0 bridgehead atoms. The number of rotatable bonds is 3. The van der Waals surface area contributed by atoms with Crippen LogP contribution in [-0.4, -0.2) is 16.5 Å². The Labute approximate surface area is 130 Å². The highest BCUT2D eigenvalue weighted by molar-refractivity contribution is 7.26. The molecule has 2 N–H and O–H groups in total. The Balaban J connectivity index is 2.05. The minimum absolute atomic E-state index is 0.0826. The van der Waals surface area contributed by atoms with E-state index in [1.165, 1.54) is 10.1 Å². The third-order valence-corrected chi connectivity index (χ3v) is 4.96. The van der Waals surface area contributed by atoms with Gasteiger partial charge in [0.05, 0.1) is 15.6 Å². The number of hydrogen-bond donors (Lipinski definition) is 2. The fourth-order valence-electron chi connectivity index (χ4n) is 2.74.